The Morgan fingerprint density at radius 1 is 1.19 bits per heavy atom. The Labute approximate surface area is 122 Å². The van der Waals surface area contributed by atoms with Crippen LogP contribution in [0.4, 0.5) is 0 Å². The molecule has 2 rings (SSSR count). The van der Waals surface area contributed by atoms with Crippen LogP contribution < -0.4 is 0 Å². The van der Waals surface area contributed by atoms with Gasteiger partial charge in [-0.15, -0.1) is 0 Å². The molecule has 0 saturated heterocycles. The van der Waals surface area contributed by atoms with Gasteiger partial charge in [0.2, 0.25) is 0 Å². The molecule has 0 radical (unpaired) electrons. The van der Waals surface area contributed by atoms with Crippen molar-refractivity contribution in [3.8, 4) is 0 Å². The summed E-state index contributed by atoms with van der Waals surface area (Å²) in [6, 6.07) is 7.72. The molecular formula is C15H18N2O4. The summed E-state index contributed by atoms with van der Waals surface area (Å²) in [5.41, 5.74) is 1.66. The van der Waals surface area contributed by atoms with Crippen LogP contribution in [0, 0.1) is 5.92 Å². The van der Waals surface area contributed by atoms with Crippen LogP contribution in [0.2, 0.25) is 0 Å². The topological polar surface area (TPSA) is 70.4 Å². The van der Waals surface area contributed by atoms with E-state index in [4.69, 9.17) is 0 Å². The zero-order valence-corrected chi connectivity index (χ0v) is 12.3. The maximum Gasteiger partial charge on any atom is 0.320 e. The fourth-order valence-electron chi connectivity index (χ4n) is 2.33. The van der Waals surface area contributed by atoms with E-state index in [1.165, 1.54) is 14.2 Å². The number of hydrogen-bond donors (Lipinski definition) is 0. The Morgan fingerprint density at radius 3 is 2.38 bits per heavy atom. The van der Waals surface area contributed by atoms with Crippen molar-refractivity contribution >= 4 is 22.8 Å². The van der Waals surface area contributed by atoms with Gasteiger partial charge >= 0.3 is 11.9 Å². The summed E-state index contributed by atoms with van der Waals surface area (Å²) in [7, 11) is 2.50. The number of aryl methyl sites for hydroxylation is 1. The number of fused-ring (bicyclic) bond motifs is 1. The standard InChI is InChI=1S/C15H18N2O4/c1-4-17-13-8-6-5-7-10(13)12(16-17)9-11(14(18)20-2)15(19)21-3/h5-8,11H,4,9H2,1-3H3. The fourth-order valence-corrected chi connectivity index (χ4v) is 2.33. The number of nitrogens with zero attached hydrogens (tertiary/aromatic N) is 2. The van der Waals surface area contributed by atoms with Gasteiger partial charge in [-0.2, -0.15) is 5.10 Å². The van der Waals surface area contributed by atoms with Crippen molar-refractivity contribution < 1.29 is 19.1 Å². The van der Waals surface area contributed by atoms with E-state index in [1.807, 2.05) is 35.9 Å². The van der Waals surface area contributed by atoms with E-state index in [1.54, 1.807) is 0 Å². The minimum atomic E-state index is -0.997. The van der Waals surface area contributed by atoms with Gasteiger partial charge in [-0.3, -0.25) is 14.3 Å². The van der Waals surface area contributed by atoms with Crippen LogP contribution in [0.5, 0.6) is 0 Å². The molecule has 112 valence electrons. The molecule has 6 heteroatoms. The molecule has 0 N–H and O–H groups in total. The number of carbonyl (C=O) groups excluding carboxylic acids is 2. The number of esters is 2. The molecule has 0 unspecified atom stereocenters. The Kier molecular flexibility index (Phi) is 4.57. The first-order valence-corrected chi connectivity index (χ1v) is 6.72. The van der Waals surface area contributed by atoms with Gasteiger partial charge in [-0.25, -0.2) is 0 Å². The van der Waals surface area contributed by atoms with Gasteiger partial charge in [0.05, 0.1) is 25.4 Å². The minimum absolute atomic E-state index is 0.160. The van der Waals surface area contributed by atoms with Crippen molar-refractivity contribution in [1.82, 2.24) is 9.78 Å². The molecule has 1 heterocycles. The molecule has 0 aliphatic heterocycles. The van der Waals surface area contributed by atoms with Gasteiger partial charge in [0.1, 0.15) is 0 Å². The fraction of sp³-hybridized carbons (Fsp3) is 0.400. The molecule has 1 aromatic carbocycles. The van der Waals surface area contributed by atoms with Gasteiger partial charge < -0.3 is 9.47 Å². The first-order chi connectivity index (χ1) is 10.1. The monoisotopic (exact) mass is 290 g/mol. The van der Waals surface area contributed by atoms with Gasteiger partial charge in [-0.05, 0) is 13.0 Å². The van der Waals surface area contributed by atoms with E-state index in [-0.39, 0.29) is 6.42 Å². The number of para-hydroxylation sites is 1. The molecule has 0 amide bonds. The average molecular weight is 290 g/mol. The van der Waals surface area contributed by atoms with Gasteiger partial charge in [0.15, 0.2) is 5.92 Å². The quantitative estimate of drug-likeness (QED) is 0.617. The molecule has 0 saturated carbocycles. The molecule has 1 aromatic heterocycles. The number of carbonyl (C=O) groups is 2. The zero-order valence-electron chi connectivity index (χ0n) is 12.3. The second-order valence-corrected chi connectivity index (χ2v) is 4.58. The summed E-state index contributed by atoms with van der Waals surface area (Å²) < 4.78 is 11.2. The number of methoxy groups -OCH3 is 2. The summed E-state index contributed by atoms with van der Waals surface area (Å²) in [6.45, 7) is 2.70. The van der Waals surface area contributed by atoms with Crippen LogP contribution >= 0.6 is 0 Å². The number of benzene rings is 1. The first kappa shape index (κ1) is 15.0. The summed E-state index contributed by atoms with van der Waals surface area (Å²) >= 11 is 0. The van der Waals surface area contributed by atoms with Crippen LogP contribution in [0.1, 0.15) is 12.6 Å². The third kappa shape index (κ3) is 2.89. The van der Waals surface area contributed by atoms with E-state index < -0.39 is 17.9 Å². The molecule has 0 atom stereocenters. The number of ether oxygens (including phenoxy) is 2. The largest absolute Gasteiger partial charge is 0.468 e. The first-order valence-electron chi connectivity index (χ1n) is 6.72. The Balaban J connectivity index is 2.41. The highest BCUT2D eigenvalue weighted by Crippen LogP contribution is 2.22. The van der Waals surface area contributed by atoms with Crippen molar-refractivity contribution in [2.75, 3.05) is 14.2 Å². The van der Waals surface area contributed by atoms with Crippen molar-refractivity contribution in [1.29, 1.82) is 0 Å². The minimum Gasteiger partial charge on any atom is -0.468 e. The molecule has 6 nitrogen and oxygen atoms in total. The average Bonchev–Trinajstić information content (AvgIpc) is 2.89. The number of rotatable bonds is 5. The third-order valence-corrected chi connectivity index (χ3v) is 3.40. The van der Waals surface area contributed by atoms with Crippen molar-refractivity contribution in [2.24, 2.45) is 5.92 Å². The van der Waals surface area contributed by atoms with Crippen LogP contribution in [-0.2, 0) is 32.0 Å². The molecule has 0 aliphatic rings. The predicted octanol–water partition coefficient (Wildman–Crippen LogP) is 1.56. The van der Waals surface area contributed by atoms with E-state index in [9.17, 15) is 9.59 Å². The smallest absolute Gasteiger partial charge is 0.320 e. The van der Waals surface area contributed by atoms with E-state index in [2.05, 4.69) is 14.6 Å². The highest BCUT2D eigenvalue weighted by atomic mass is 16.5. The lowest BCUT2D eigenvalue weighted by Crippen LogP contribution is -2.28. The molecule has 0 fully saturated rings. The van der Waals surface area contributed by atoms with Crippen molar-refractivity contribution in [3.63, 3.8) is 0 Å². The van der Waals surface area contributed by atoms with Gasteiger partial charge in [0.25, 0.3) is 0 Å². The van der Waals surface area contributed by atoms with Crippen LogP contribution in [-0.4, -0.2) is 35.9 Å². The lowest BCUT2D eigenvalue weighted by Gasteiger charge is -2.11. The summed E-state index contributed by atoms with van der Waals surface area (Å²) in [4.78, 5) is 23.5. The highest BCUT2D eigenvalue weighted by molar-refractivity contribution is 5.95. The highest BCUT2D eigenvalue weighted by Gasteiger charge is 2.30. The second kappa shape index (κ2) is 6.39. The molecule has 0 spiro atoms. The van der Waals surface area contributed by atoms with E-state index >= 15 is 0 Å². The molecule has 21 heavy (non-hydrogen) atoms. The maximum absolute atomic E-state index is 11.8. The lowest BCUT2D eigenvalue weighted by atomic mass is 10.0. The summed E-state index contributed by atoms with van der Waals surface area (Å²) in [5, 5.41) is 5.41. The molecule has 0 bridgehead atoms. The molecule has 2 aromatic rings. The maximum atomic E-state index is 11.8. The number of hydrogen-bond acceptors (Lipinski definition) is 5. The lowest BCUT2D eigenvalue weighted by molar-refractivity contribution is -0.158. The predicted molar refractivity (Wildman–Crippen MR) is 76.6 cm³/mol. The third-order valence-electron chi connectivity index (χ3n) is 3.40. The number of aromatic nitrogens is 2. The summed E-state index contributed by atoms with van der Waals surface area (Å²) in [5.74, 6) is -2.22. The Morgan fingerprint density at radius 2 is 1.81 bits per heavy atom. The summed E-state index contributed by atoms with van der Waals surface area (Å²) in [6.07, 6.45) is 0.160. The van der Waals surface area contributed by atoms with Crippen LogP contribution in [0.3, 0.4) is 0 Å². The normalized spacial score (nSPS) is 10.9. The van der Waals surface area contributed by atoms with Crippen LogP contribution in [0.15, 0.2) is 24.3 Å². The van der Waals surface area contributed by atoms with Crippen molar-refractivity contribution in [2.45, 2.75) is 19.9 Å². The van der Waals surface area contributed by atoms with Gasteiger partial charge in [0, 0.05) is 18.4 Å². The van der Waals surface area contributed by atoms with E-state index in [0.29, 0.717) is 12.2 Å². The molecular weight excluding hydrogens is 272 g/mol. The Bertz CT molecular complexity index is 647. The molecule has 0 aliphatic carbocycles. The van der Waals surface area contributed by atoms with E-state index in [0.717, 1.165) is 10.9 Å². The second-order valence-electron chi connectivity index (χ2n) is 4.58. The SMILES string of the molecule is CCn1nc(CC(C(=O)OC)C(=O)OC)c2ccccc21. The van der Waals surface area contributed by atoms with Crippen molar-refractivity contribution in [3.05, 3.63) is 30.0 Å². The zero-order chi connectivity index (χ0) is 15.4. The van der Waals surface area contributed by atoms with Crippen LogP contribution in [0.25, 0.3) is 10.9 Å². The Hall–Kier alpha value is -2.37. The van der Waals surface area contributed by atoms with Gasteiger partial charge in [-0.1, -0.05) is 18.2 Å².